The first-order valence-electron chi connectivity index (χ1n) is 6.83. The van der Waals surface area contributed by atoms with Gasteiger partial charge in [0.2, 0.25) is 0 Å². The molecular weight excluding hydrogens is 296 g/mol. The van der Waals surface area contributed by atoms with Gasteiger partial charge >= 0.3 is 0 Å². The average molecular weight is 314 g/mol. The van der Waals surface area contributed by atoms with Gasteiger partial charge in [-0.1, -0.05) is 12.1 Å². The van der Waals surface area contributed by atoms with Crippen molar-refractivity contribution >= 4 is 11.8 Å². The van der Waals surface area contributed by atoms with E-state index >= 15 is 0 Å². The van der Waals surface area contributed by atoms with E-state index in [2.05, 4.69) is 11.1 Å². The lowest BCUT2D eigenvalue weighted by Crippen LogP contribution is -1.99. The maximum absolute atomic E-state index is 9.42. The van der Waals surface area contributed by atoms with E-state index < -0.39 is 0 Å². The summed E-state index contributed by atoms with van der Waals surface area (Å²) in [7, 11) is 3.28. The Hall–Kier alpha value is -2.03. The normalized spacial score (nSPS) is 10.3. The molecule has 0 amide bonds. The molecule has 5 heteroatoms. The molecule has 0 radical (unpaired) electrons. The van der Waals surface area contributed by atoms with Crippen LogP contribution in [0.4, 0.5) is 0 Å². The fourth-order valence-electron chi connectivity index (χ4n) is 2.12. The van der Waals surface area contributed by atoms with Crippen molar-refractivity contribution in [1.82, 2.24) is 4.98 Å². The smallest absolute Gasteiger partial charge is 0.119 e. The van der Waals surface area contributed by atoms with Gasteiger partial charge < -0.3 is 9.47 Å². The number of benzene rings is 1. The highest BCUT2D eigenvalue weighted by atomic mass is 32.2. The van der Waals surface area contributed by atoms with Crippen LogP contribution in [0.3, 0.4) is 0 Å². The van der Waals surface area contributed by atoms with E-state index in [1.54, 1.807) is 26.0 Å². The summed E-state index contributed by atoms with van der Waals surface area (Å²) in [5.41, 5.74) is 3.50. The molecule has 0 atom stereocenters. The summed E-state index contributed by atoms with van der Waals surface area (Å²) >= 11 is 1.55. The molecule has 0 aliphatic carbocycles. The Morgan fingerprint density at radius 1 is 1.27 bits per heavy atom. The van der Waals surface area contributed by atoms with E-state index in [0.29, 0.717) is 12.2 Å². The lowest BCUT2D eigenvalue weighted by atomic mass is 10.1. The van der Waals surface area contributed by atoms with E-state index in [-0.39, 0.29) is 0 Å². The number of methoxy groups -OCH3 is 2. The average Bonchev–Trinajstić information content (AvgIpc) is 2.53. The van der Waals surface area contributed by atoms with Gasteiger partial charge in [0.15, 0.2) is 0 Å². The lowest BCUT2D eigenvalue weighted by Gasteiger charge is -2.10. The van der Waals surface area contributed by atoms with Crippen molar-refractivity contribution in [3.8, 4) is 11.8 Å². The predicted octanol–water partition coefficient (Wildman–Crippen LogP) is 3.71. The molecule has 0 bridgehead atoms. The van der Waals surface area contributed by atoms with Crippen LogP contribution in [0, 0.1) is 18.3 Å². The van der Waals surface area contributed by atoms with Crippen molar-refractivity contribution in [3.05, 3.63) is 52.7 Å². The number of thioether (sulfide) groups is 1. The minimum atomic E-state index is 0.416. The van der Waals surface area contributed by atoms with E-state index in [4.69, 9.17) is 9.47 Å². The monoisotopic (exact) mass is 314 g/mol. The van der Waals surface area contributed by atoms with E-state index in [1.165, 1.54) is 0 Å². The summed E-state index contributed by atoms with van der Waals surface area (Å²) < 4.78 is 10.4. The van der Waals surface area contributed by atoms with Crippen molar-refractivity contribution in [2.45, 2.75) is 24.3 Å². The molecular formula is C17H18N2O2S. The zero-order valence-corrected chi connectivity index (χ0v) is 13.7. The van der Waals surface area contributed by atoms with Gasteiger partial charge in [0.1, 0.15) is 16.8 Å². The summed E-state index contributed by atoms with van der Waals surface area (Å²) in [5.74, 6) is 1.56. The molecule has 0 fully saturated rings. The van der Waals surface area contributed by atoms with Gasteiger partial charge in [-0.2, -0.15) is 5.26 Å². The third kappa shape index (κ3) is 4.00. The Balaban J connectivity index is 2.23. The van der Waals surface area contributed by atoms with Crippen LogP contribution in [-0.4, -0.2) is 19.2 Å². The molecule has 0 N–H and O–H groups in total. The fourth-order valence-corrected chi connectivity index (χ4v) is 3.13. The first-order valence-corrected chi connectivity index (χ1v) is 7.81. The Labute approximate surface area is 135 Å². The quantitative estimate of drug-likeness (QED) is 0.761. The largest absolute Gasteiger partial charge is 0.497 e. The van der Waals surface area contributed by atoms with Crippen LogP contribution in [0.15, 0.2) is 35.4 Å². The molecule has 22 heavy (non-hydrogen) atoms. The van der Waals surface area contributed by atoms with E-state index in [9.17, 15) is 5.26 Å². The molecule has 4 nitrogen and oxygen atoms in total. The van der Waals surface area contributed by atoms with Crippen molar-refractivity contribution in [2.75, 3.05) is 14.2 Å². The summed E-state index contributed by atoms with van der Waals surface area (Å²) in [6, 6.07) is 12.0. The first kappa shape index (κ1) is 16.3. The number of hydrogen-bond donors (Lipinski definition) is 0. The van der Waals surface area contributed by atoms with Gasteiger partial charge in [-0.15, -0.1) is 11.8 Å². The van der Waals surface area contributed by atoms with Crippen LogP contribution >= 0.6 is 11.8 Å². The van der Waals surface area contributed by atoms with Crippen molar-refractivity contribution < 1.29 is 9.47 Å². The second-order valence-electron chi connectivity index (χ2n) is 4.79. The number of rotatable bonds is 6. The van der Waals surface area contributed by atoms with E-state index in [1.807, 2.05) is 37.3 Å². The van der Waals surface area contributed by atoms with Crippen LogP contribution in [0.25, 0.3) is 0 Å². The van der Waals surface area contributed by atoms with Gasteiger partial charge in [0.25, 0.3) is 0 Å². The highest BCUT2D eigenvalue weighted by Gasteiger charge is 2.12. The molecule has 0 unspecified atom stereocenters. The van der Waals surface area contributed by atoms with Crippen molar-refractivity contribution in [2.24, 2.45) is 0 Å². The zero-order valence-electron chi connectivity index (χ0n) is 12.9. The highest BCUT2D eigenvalue weighted by Crippen LogP contribution is 2.28. The number of ether oxygens (including phenoxy) is 2. The molecule has 0 aliphatic heterocycles. The minimum absolute atomic E-state index is 0.416. The first-order chi connectivity index (χ1) is 10.7. The van der Waals surface area contributed by atoms with Crippen molar-refractivity contribution in [1.29, 1.82) is 5.26 Å². The summed E-state index contributed by atoms with van der Waals surface area (Å²) in [6.45, 7) is 2.34. The molecule has 2 rings (SSSR count). The minimum Gasteiger partial charge on any atom is -0.497 e. The van der Waals surface area contributed by atoms with Gasteiger partial charge in [-0.3, -0.25) is 0 Å². The van der Waals surface area contributed by atoms with Crippen LogP contribution in [-0.2, 0) is 17.1 Å². The summed E-state index contributed by atoms with van der Waals surface area (Å²) in [4.78, 5) is 4.50. The number of pyridine rings is 1. The topological polar surface area (TPSA) is 55.1 Å². The number of hydrogen-bond acceptors (Lipinski definition) is 5. The summed E-state index contributed by atoms with van der Waals surface area (Å²) in [6.07, 6.45) is 0. The third-order valence-corrected chi connectivity index (χ3v) is 4.16. The lowest BCUT2D eigenvalue weighted by molar-refractivity contribution is 0.184. The zero-order chi connectivity index (χ0) is 15.9. The third-order valence-electron chi connectivity index (χ3n) is 3.12. The maximum atomic E-state index is 9.42. The molecule has 0 saturated heterocycles. The van der Waals surface area contributed by atoms with Crippen LogP contribution in [0.5, 0.6) is 5.75 Å². The molecule has 1 heterocycles. The molecule has 114 valence electrons. The Kier molecular flexibility index (Phi) is 5.82. The SMILES string of the molecule is COCc1cc(C)nc(SCc2cccc(OC)c2)c1C#N. The van der Waals surface area contributed by atoms with Gasteiger partial charge in [0, 0.05) is 18.6 Å². The molecule has 2 aromatic rings. The maximum Gasteiger partial charge on any atom is 0.119 e. The standard InChI is InChI=1S/C17H18N2O2S/c1-12-7-14(10-20-2)16(9-18)17(19-12)22-11-13-5-4-6-15(8-13)21-3/h4-8H,10-11H2,1-3H3. The second kappa shape index (κ2) is 7.83. The number of nitriles is 1. The Morgan fingerprint density at radius 3 is 2.77 bits per heavy atom. The predicted molar refractivity (Wildman–Crippen MR) is 87.0 cm³/mol. The van der Waals surface area contributed by atoms with Gasteiger partial charge in [-0.05, 0) is 36.2 Å². The van der Waals surface area contributed by atoms with Crippen LogP contribution in [0.1, 0.15) is 22.4 Å². The van der Waals surface area contributed by atoms with Crippen molar-refractivity contribution in [3.63, 3.8) is 0 Å². The van der Waals surface area contributed by atoms with Crippen LogP contribution < -0.4 is 4.74 Å². The summed E-state index contributed by atoms with van der Waals surface area (Å²) in [5, 5.41) is 10.2. The van der Waals surface area contributed by atoms with Gasteiger partial charge in [0.05, 0.1) is 19.3 Å². The Morgan fingerprint density at radius 2 is 2.09 bits per heavy atom. The molecule has 0 aliphatic rings. The van der Waals surface area contributed by atoms with Crippen LogP contribution in [0.2, 0.25) is 0 Å². The Bertz CT molecular complexity index is 696. The number of aryl methyl sites for hydroxylation is 1. The number of nitrogens with zero attached hydrogens (tertiary/aromatic N) is 2. The second-order valence-corrected chi connectivity index (χ2v) is 5.75. The van der Waals surface area contributed by atoms with E-state index in [0.717, 1.165) is 33.3 Å². The van der Waals surface area contributed by atoms with Gasteiger partial charge in [-0.25, -0.2) is 4.98 Å². The molecule has 0 saturated carbocycles. The highest BCUT2D eigenvalue weighted by molar-refractivity contribution is 7.98. The fraction of sp³-hybridized carbons (Fsp3) is 0.294. The number of aromatic nitrogens is 1. The molecule has 0 spiro atoms. The molecule has 1 aromatic carbocycles. The molecule has 1 aromatic heterocycles.